The molecule has 2 atom stereocenters. The first-order valence-electron chi connectivity index (χ1n) is 12.7. The third kappa shape index (κ3) is 5.48. The van der Waals surface area contributed by atoms with Crippen LogP contribution in [0.15, 0.2) is 60.9 Å². The van der Waals surface area contributed by atoms with Crippen LogP contribution >= 0.6 is 0 Å². The molecule has 0 radical (unpaired) electrons. The summed E-state index contributed by atoms with van der Waals surface area (Å²) in [5, 5.41) is 18.8. The normalized spacial score (nSPS) is 16.6. The summed E-state index contributed by atoms with van der Waals surface area (Å²) in [7, 11) is 0. The molecule has 0 aliphatic carbocycles. The van der Waals surface area contributed by atoms with Crippen LogP contribution in [0.4, 0.5) is 5.95 Å². The van der Waals surface area contributed by atoms with E-state index < -0.39 is 0 Å². The molecule has 7 heteroatoms. The van der Waals surface area contributed by atoms with Crippen molar-refractivity contribution in [3.8, 4) is 22.9 Å². The number of rotatable bonds is 8. The molecule has 0 saturated carbocycles. The maximum atomic E-state index is 9.78. The fourth-order valence-corrected chi connectivity index (χ4v) is 4.72. The zero-order valence-corrected chi connectivity index (χ0v) is 20.9. The smallest absolute Gasteiger partial charge is 0.228 e. The number of aromatic nitrogens is 3. The van der Waals surface area contributed by atoms with Crippen molar-refractivity contribution in [3.63, 3.8) is 0 Å². The summed E-state index contributed by atoms with van der Waals surface area (Å²) >= 11 is 0. The molecule has 0 unspecified atom stereocenters. The summed E-state index contributed by atoms with van der Waals surface area (Å²) in [6.45, 7) is 5.84. The molecule has 1 fully saturated rings. The lowest BCUT2D eigenvalue weighted by atomic mass is 9.97. The van der Waals surface area contributed by atoms with Crippen molar-refractivity contribution in [1.29, 1.82) is 0 Å². The zero-order chi connectivity index (χ0) is 24.9. The first-order chi connectivity index (χ1) is 17.6. The number of nitrogens with one attached hydrogen (secondary N) is 2. The van der Waals surface area contributed by atoms with E-state index in [1.54, 1.807) is 12.4 Å². The van der Waals surface area contributed by atoms with Crippen LogP contribution in [0.5, 0.6) is 11.6 Å². The molecular formula is C29H33N5O2. The van der Waals surface area contributed by atoms with Crippen molar-refractivity contribution in [2.75, 3.05) is 18.4 Å². The number of nitrogens with zero attached hydrogens (tertiary/aromatic N) is 3. The number of benzene rings is 2. The van der Waals surface area contributed by atoms with E-state index in [0.29, 0.717) is 24.3 Å². The number of hydrogen-bond acceptors (Lipinski definition) is 7. The van der Waals surface area contributed by atoms with Crippen LogP contribution in [0, 0.1) is 6.92 Å². The predicted molar refractivity (Wildman–Crippen MR) is 144 cm³/mol. The number of hydrogen-bond donors (Lipinski definition) is 3. The van der Waals surface area contributed by atoms with Gasteiger partial charge in [0.15, 0.2) is 0 Å². The molecule has 186 valence electrons. The Bertz CT molecular complexity index is 1330. The third-order valence-corrected chi connectivity index (χ3v) is 6.66. The lowest BCUT2D eigenvalue weighted by molar-refractivity contribution is 0.185. The Labute approximate surface area is 212 Å². The summed E-state index contributed by atoms with van der Waals surface area (Å²) in [6.07, 6.45) is 6.94. The topological polar surface area (TPSA) is 92.2 Å². The van der Waals surface area contributed by atoms with E-state index in [-0.39, 0.29) is 6.10 Å². The van der Waals surface area contributed by atoms with E-state index in [4.69, 9.17) is 9.72 Å². The molecule has 1 aliphatic heterocycles. The summed E-state index contributed by atoms with van der Waals surface area (Å²) in [5.41, 5.74) is 3.80. The van der Waals surface area contributed by atoms with E-state index in [0.717, 1.165) is 65.7 Å². The summed E-state index contributed by atoms with van der Waals surface area (Å²) in [6, 6.07) is 16.5. The Balaban J connectivity index is 1.47. The van der Waals surface area contributed by atoms with E-state index in [2.05, 4.69) is 44.9 Å². The van der Waals surface area contributed by atoms with Gasteiger partial charge in [0.1, 0.15) is 5.75 Å². The van der Waals surface area contributed by atoms with Gasteiger partial charge in [0.25, 0.3) is 0 Å². The van der Waals surface area contributed by atoms with Crippen molar-refractivity contribution in [2.24, 2.45) is 0 Å². The average molecular weight is 484 g/mol. The molecule has 2 aromatic heterocycles. The lowest BCUT2D eigenvalue weighted by Gasteiger charge is -2.23. The second kappa shape index (κ2) is 11.0. The quantitative estimate of drug-likeness (QED) is 0.314. The first kappa shape index (κ1) is 24.2. The van der Waals surface area contributed by atoms with Gasteiger partial charge < -0.3 is 20.5 Å². The van der Waals surface area contributed by atoms with Gasteiger partial charge in [-0.25, -0.2) is 15.0 Å². The molecule has 7 nitrogen and oxygen atoms in total. The number of pyridine rings is 1. The highest BCUT2D eigenvalue weighted by atomic mass is 16.5. The van der Waals surface area contributed by atoms with Gasteiger partial charge in [0.05, 0.1) is 17.4 Å². The van der Waals surface area contributed by atoms with Crippen molar-refractivity contribution in [3.05, 3.63) is 72.1 Å². The zero-order valence-electron chi connectivity index (χ0n) is 20.9. The summed E-state index contributed by atoms with van der Waals surface area (Å²) in [4.78, 5) is 13.8. The molecule has 4 aromatic rings. The van der Waals surface area contributed by atoms with Crippen LogP contribution in [-0.4, -0.2) is 45.3 Å². The number of anilines is 1. The first-order valence-corrected chi connectivity index (χ1v) is 12.7. The Morgan fingerprint density at radius 1 is 1.08 bits per heavy atom. The van der Waals surface area contributed by atoms with Crippen LogP contribution in [0.1, 0.15) is 37.3 Å². The van der Waals surface area contributed by atoms with Crippen LogP contribution < -0.4 is 15.4 Å². The highest BCUT2D eigenvalue weighted by Gasteiger charge is 2.17. The second-order valence-corrected chi connectivity index (χ2v) is 9.52. The molecule has 3 N–H and O–H groups in total. The van der Waals surface area contributed by atoms with Crippen molar-refractivity contribution in [1.82, 2.24) is 20.3 Å². The monoisotopic (exact) mass is 483 g/mol. The molecule has 3 heterocycles. The van der Waals surface area contributed by atoms with E-state index in [1.807, 2.05) is 38.1 Å². The lowest BCUT2D eigenvalue weighted by Crippen LogP contribution is -2.38. The number of fused-ring (bicyclic) bond motifs is 1. The molecule has 5 rings (SSSR count). The van der Waals surface area contributed by atoms with Gasteiger partial charge in [-0.15, -0.1) is 0 Å². The third-order valence-electron chi connectivity index (χ3n) is 6.66. The maximum absolute atomic E-state index is 9.78. The maximum Gasteiger partial charge on any atom is 0.228 e. The van der Waals surface area contributed by atoms with Crippen LogP contribution in [0.3, 0.4) is 0 Å². The Morgan fingerprint density at radius 2 is 2.00 bits per heavy atom. The molecule has 0 amide bonds. The van der Waals surface area contributed by atoms with Gasteiger partial charge in [-0.05, 0) is 80.8 Å². The van der Waals surface area contributed by atoms with Crippen molar-refractivity contribution in [2.45, 2.75) is 51.7 Å². The van der Waals surface area contributed by atoms with Gasteiger partial charge >= 0.3 is 0 Å². The van der Waals surface area contributed by atoms with Crippen LogP contribution in [-0.2, 0) is 6.42 Å². The SMILES string of the molecule is Cc1ccc2c(CC[C@H](C)O)cccc2c1Oc1ncccc1-c1ccnc(N[C@H]2CCCNC2)n1. The molecule has 2 aromatic carbocycles. The molecule has 0 bridgehead atoms. The highest BCUT2D eigenvalue weighted by Crippen LogP contribution is 2.37. The Hall–Kier alpha value is -3.55. The second-order valence-electron chi connectivity index (χ2n) is 9.52. The number of aliphatic hydroxyl groups is 1. The number of ether oxygens (including phenoxy) is 1. The fourth-order valence-electron chi connectivity index (χ4n) is 4.72. The van der Waals surface area contributed by atoms with Gasteiger partial charge in [-0.3, -0.25) is 0 Å². The fraction of sp³-hybridized carbons (Fsp3) is 0.345. The van der Waals surface area contributed by atoms with E-state index in [1.165, 1.54) is 5.56 Å². The molecule has 36 heavy (non-hydrogen) atoms. The molecule has 1 aliphatic rings. The number of aryl methyl sites for hydroxylation is 2. The minimum Gasteiger partial charge on any atom is -0.437 e. The minimum absolute atomic E-state index is 0.319. The minimum atomic E-state index is -0.334. The number of aliphatic hydroxyl groups excluding tert-OH is 1. The standard InChI is InChI=1S/C29H33N5O2/c1-19-10-13-23-21(12-11-20(2)35)6-3-8-24(23)27(19)36-28-25(9-5-16-31-28)26-14-17-32-29(34-26)33-22-7-4-15-30-18-22/h3,5-6,8-10,13-14,16-17,20,22,30,35H,4,7,11-12,15,18H2,1-2H3,(H,32,33,34)/t20-,22-/m0/s1. The number of piperidine rings is 1. The molecule has 0 spiro atoms. The molecular weight excluding hydrogens is 450 g/mol. The molecule has 1 saturated heterocycles. The van der Waals surface area contributed by atoms with Crippen molar-refractivity contribution >= 4 is 16.7 Å². The predicted octanol–water partition coefficient (Wildman–Crippen LogP) is 5.27. The summed E-state index contributed by atoms with van der Waals surface area (Å²) < 4.78 is 6.53. The van der Waals surface area contributed by atoms with E-state index in [9.17, 15) is 5.11 Å². The van der Waals surface area contributed by atoms with Crippen molar-refractivity contribution < 1.29 is 9.84 Å². The summed E-state index contributed by atoms with van der Waals surface area (Å²) in [5.74, 6) is 1.90. The van der Waals surface area contributed by atoms with E-state index >= 15 is 0 Å². The van der Waals surface area contributed by atoms with Gasteiger partial charge in [0.2, 0.25) is 11.8 Å². The van der Waals surface area contributed by atoms with Crippen LogP contribution in [0.2, 0.25) is 0 Å². The van der Waals surface area contributed by atoms with Gasteiger partial charge in [-0.1, -0.05) is 30.3 Å². The average Bonchev–Trinajstić information content (AvgIpc) is 2.90. The Morgan fingerprint density at radius 3 is 2.83 bits per heavy atom. The Kier molecular flexibility index (Phi) is 7.39. The van der Waals surface area contributed by atoms with Gasteiger partial charge in [-0.2, -0.15) is 0 Å². The largest absolute Gasteiger partial charge is 0.437 e. The highest BCUT2D eigenvalue weighted by molar-refractivity contribution is 5.92. The van der Waals surface area contributed by atoms with Gasteiger partial charge in [0, 0.05) is 30.4 Å². The van der Waals surface area contributed by atoms with Crippen LogP contribution in [0.25, 0.3) is 22.0 Å².